The van der Waals surface area contributed by atoms with Gasteiger partial charge in [0.1, 0.15) is 0 Å². The zero-order chi connectivity index (χ0) is 17.4. The van der Waals surface area contributed by atoms with Crippen LogP contribution in [0.2, 0.25) is 0 Å². The van der Waals surface area contributed by atoms with Gasteiger partial charge in [-0.25, -0.2) is 0 Å². The summed E-state index contributed by atoms with van der Waals surface area (Å²) < 4.78 is 5.26. The van der Waals surface area contributed by atoms with Gasteiger partial charge in [-0.15, -0.1) is 0 Å². The van der Waals surface area contributed by atoms with E-state index >= 15 is 0 Å². The Hall–Kier alpha value is -2.88. The van der Waals surface area contributed by atoms with E-state index in [1.807, 2.05) is 61.5 Å². The van der Waals surface area contributed by atoms with Crippen LogP contribution in [0.15, 0.2) is 54.6 Å². The van der Waals surface area contributed by atoms with Crippen molar-refractivity contribution in [2.24, 2.45) is 11.8 Å². The zero-order valence-electron chi connectivity index (χ0n) is 14.0. The molecule has 0 bridgehead atoms. The van der Waals surface area contributed by atoms with Gasteiger partial charge in [0.25, 0.3) is 0 Å². The second-order valence-electron chi connectivity index (χ2n) is 6.64. The summed E-state index contributed by atoms with van der Waals surface area (Å²) in [6.45, 7) is 1.80. The molecule has 2 aromatic carbocycles. The highest BCUT2D eigenvalue weighted by Crippen LogP contribution is 2.38. The van der Waals surface area contributed by atoms with Crippen LogP contribution in [0.3, 0.4) is 0 Å². The Labute approximate surface area is 145 Å². The molecule has 1 heterocycles. The molecule has 1 aliphatic rings. The minimum absolute atomic E-state index is 0.0376. The van der Waals surface area contributed by atoms with Gasteiger partial charge in [-0.2, -0.15) is 0 Å². The van der Waals surface area contributed by atoms with E-state index in [9.17, 15) is 9.59 Å². The molecule has 1 aromatic heterocycles. The van der Waals surface area contributed by atoms with Gasteiger partial charge in [0, 0.05) is 10.9 Å². The first-order valence-electron chi connectivity index (χ1n) is 8.51. The molecule has 1 N–H and O–H groups in total. The fourth-order valence-corrected chi connectivity index (χ4v) is 3.22. The van der Waals surface area contributed by atoms with Crippen LogP contribution in [-0.4, -0.2) is 23.3 Å². The van der Waals surface area contributed by atoms with Crippen molar-refractivity contribution < 1.29 is 14.3 Å². The van der Waals surface area contributed by atoms with Crippen LogP contribution in [0.1, 0.15) is 23.7 Å². The molecule has 1 saturated carbocycles. The van der Waals surface area contributed by atoms with E-state index in [-0.39, 0.29) is 24.3 Å². The SMILES string of the molecule is C[C@H]1C[C@H]1C(=O)OCC(=O)c1c(-c2ccccc2)[nH]c2ccccc12. The molecule has 126 valence electrons. The number of hydrogen-bond acceptors (Lipinski definition) is 3. The summed E-state index contributed by atoms with van der Waals surface area (Å²) in [5.41, 5.74) is 3.18. The third kappa shape index (κ3) is 2.95. The predicted molar refractivity (Wildman–Crippen MR) is 96.3 cm³/mol. The van der Waals surface area contributed by atoms with Gasteiger partial charge in [0.2, 0.25) is 5.78 Å². The average molecular weight is 333 g/mol. The monoisotopic (exact) mass is 333 g/mol. The van der Waals surface area contributed by atoms with E-state index in [0.717, 1.165) is 28.6 Å². The average Bonchev–Trinajstić information content (AvgIpc) is 3.25. The minimum Gasteiger partial charge on any atom is -0.457 e. The van der Waals surface area contributed by atoms with Gasteiger partial charge in [0.15, 0.2) is 6.61 Å². The number of rotatable bonds is 5. The van der Waals surface area contributed by atoms with Crippen LogP contribution in [0.25, 0.3) is 22.2 Å². The van der Waals surface area contributed by atoms with Crippen LogP contribution in [0.4, 0.5) is 0 Å². The standard InChI is InChI=1S/C21H19NO3/c1-13-11-16(13)21(24)25-12-18(23)19-15-9-5-6-10-17(15)22-20(19)14-7-3-2-4-8-14/h2-10,13,16,22H,11-12H2,1H3/t13-,16+/m0/s1. The number of nitrogens with one attached hydrogen (secondary N) is 1. The Balaban J connectivity index is 1.67. The number of Topliss-reactive ketones (excluding diaryl/α,β-unsaturated/α-hetero) is 1. The number of carbonyl (C=O) groups is 2. The largest absolute Gasteiger partial charge is 0.457 e. The first-order valence-corrected chi connectivity index (χ1v) is 8.51. The molecule has 0 saturated heterocycles. The number of aromatic nitrogens is 1. The molecule has 0 radical (unpaired) electrons. The topological polar surface area (TPSA) is 59.2 Å². The lowest BCUT2D eigenvalue weighted by Gasteiger charge is -2.06. The Morgan fingerprint density at radius 1 is 1.08 bits per heavy atom. The third-order valence-electron chi connectivity index (χ3n) is 4.81. The number of esters is 1. The molecule has 0 aliphatic heterocycles. The Kier molecular flexibility index (Phi) is 3.88. The maximum absolute atomic E-state index is 12.8. The van der Waals surface area contributed by atoms with Crippen LogP contribution >= 0.6 is 0 Å². The number of H-pyrrole nitrogens is 1. The third-order valence-corrected chi connectivity index (χ3v) is 4.81. The molecule has 4 rings (SSSR count). The summed E-state index contributed by atoms with van der Waals surface area (Å²) in [4.78, 5) is 28.1. The molecule has 25 heavy (non-hydrogen) atoms. The number of benzene rings is 2. The molecular weight excluding hydrogens is 314 g/mol. The van der Waals surface area contributed by atoms with Crippen molar-refractivity contribution in [1.29, 1.82) is 0 Å². The molecule has 0 amide bonds. The summed E-state index contributed by atoms with van der Waals surface area (Å²) in [5, 5.41) is 0.849. The van der Waals surface area contributed by atoms with E-state index in [0.29, 0.717) is 11.5 Å². The number of hydrogen-bond donors (Lipinski definition) is 1. The fraction of sp³-hybridized carbons (Fsp3) is 0.238. The van der Waals surface area contributed by atoms with E-state index in [2.05, 4.69) is 4.98 Å². The number of ether oxygens (including phenoxy) is 1. The highest BCUT2D eigenvalue weighted by Gasteiger charge is 2.40. The molecule has 0 spiro atoms. The predicted octanol–water partition coefficient (Wildman–Crippen LogP) is 4.22. The van der Waals surface area contributed by atoms with Gasteiger partial charge in [0.05, 0.1) is 17.2 Å². The van der Waals surface area contributed by atoms with Gasteiger partial charge in [-0.3, -0.25) is 9.59 Å². The fourth-order valence-electron chi connectivity index (χ4n) is 3.22. The molecule has 1 fully saturated rings. The van der Waals surface area contributed by atoms with E-state index in [1.165, 1.54) is 0 Å². The zero-order valence-corrected chi connectivity index (χ0v) is 14.0. The van der Waals surface area contributed by atoms with Crippen molar-refractivity contribution in [2.75, 3.05) is 6.61 Å². The molecule has 4 nitrogen and oxygen atoms in total. The number of ketones is 1. The van der Waals surface area contributed by atoms with Crippen molar-refractivity contribution >= 4 is 22.7 Å². The molecule has 3 aromatic rings. The van der Waals surface area contributed by atoms with E-state index in [1.54, 1.807) is 0 Å². The molecule has 1 aliphatic carbocycles. The molecular formula is C21H19NO3. The highest BCUT2D eigenvalue weighted by atomic mass is 16.5. The van der Waals surface area contributed by atoms with E-state index in [4.69, 9.17) is 4.74 Å². The lowest BCUT2D eigenvalue weighted by atomic mass is 10.0. The van der Waals surface area contributed by atoms with Crippen LogP contribution < -0.4 is 0 Å². The van der Waals surface area contributed by atoms with Gasteiger partial charge >= 0.3 is 5.97 Å². The van der Waals surface area contributed by atoms with Crippen LogP contribution in [0.5, 0.6) is 0 Å². The molecule has 2 atom stereocenters. The molecule has 4 heteroatoms. The van der Waals surface area contributed by atoms with Gasteiger partial charge in [-0.1, -0.05) is 55.5 Å². The Morgan fingerprint density at radius 2 is 1.76 bits per heavy atom. The summed E-state index contributed by atoms with van der Waals surface area (Å²) in [7, 11) is 0. The second-order valence-corrected chi connectivity index (χ2v) is 6.64. The van der Waals surface area contributed by atoms with E-state index < -0.39 is 0 Å². The van der Waals surface area contributed by atoms with Crippen molar-refractivity contribution in [3.8, 4) is 11.3 Å². The summed E-state index contributed by atoms with van der Waals surface area (Å²) >= 11 is 0. The Bertz CT molecular complexity index is 942. The minimum atomic E-state index is -0.262. The number of fused-ring (bicyclic) bond motifs is 1. The maximum atomic E-state index is 12.8. The number of aromatic amines is 1. The smallest absolute Gasteiger partial charge is 0.309 e. The number of para-hydroxylation sites is 1. The highest BCUT2D eigenvalue weighted by molar-refractivity contribution is 6.14. The van der Waals surface area contributed by atoms with Gasteiger partial charge < -0.3 is 9.72 Å². The summed E-state index contributed by atoms with van der Waals surface area (Å²) in [6.07, 6.45) is 0.857. The maximum Gasteiger partial charge on any atom is 0.309 e. The first kappa shape index (κ1) is 15.6. The van der Waals surface area contributed by atoms with Crippen molar-refractivity contribution in [3.05, 3.63) is 60.2 Å². The van der Waals surface area contributed by atoms with Crippen LogP contribution in [0, 0.1) is 11.8 Å². The van der Waals surface area contributed by atoms with Crippen molar-refractivity contribution in [3.63, 3.8) is 0 Å². The van der Waals surface area contributed by atoms with Crippen molar-refractivity contribution in [2.45, 2.75) is 13.3 Å². The van der Waals surface area contributed by atoms with Crippen molar-refractivity contribution in [1.82, 2.24) is 4.98 Å². The quantitative estimate of drug-likeness (QED) is 0.562. The lowest BCUT2D eigenvalue weighted by Crippen LogP contribution is -2.16. The number of carbonyl (C=O) groups excluding carboxylic acids is 2. The first-order chi connectivity index (χ1) is 12.1. The molecule has 0 unspecified atom stereocenters. The Morgan fingerprint density at radius 3 is 2.48 bits per heavy atom. The van der Waals surface area contributed by atoms with Gasteiger partial charge in [-0.05, 0) is 24.0 Å². The lowest BCUT2D eigenvalue weighted by molar-refractivity contribution is -0.144. The normalized spacial score (nSPS) is 18.9. The summed E-state index contributed by atoms with van der Waals surface area (Å²) in [6, 6.07) is 17.4. The van der Waals surface area contributed by atoms with Crippen LogP contribution in [-0.2, 0) is 9.53 Å². The second kappa shape index (κ2) is 6.20. The summed E-state index contributed by atoms with van der Waals surface area (Å²) in [5.74, 6) is -0.111.